The number of hydrogen-bond donors (Lipinski definition) is 1. The molecule has 0 aliphatic heterocycles. The zero-order valence-electron chi connectivity index (χ0n) is 9.75. The van der Waals surface area contributed by atoms with Crippen molar-refractivity contribution >= 4 is 27.5 Å². The maximum atomic E-state index is 13.2. The molecule has 1 unspecified atom stereocenters. The van der Waals surface area contributed by atoms with Gasteiger partial charge in [0.25, 0.3) is 0 Å². The lowest BCUT2D eigenvalue weighted by Gasteiger charge is -2.15. The van der Waals surface area contributed by atoms with E-state index in [1.165, 1.54) is 6.07 Å². The summed E-state index contributed by atoms with van der Waals surface area (Å²) < 4.78 is 14.1. The van der Waals surface area contributed by atoms with Crippen molar-refractivity contribution in [2.24, 2.45) is 5.73 Å². The summed E-state index contributed by atoms with van der Waals surface area (Å²) in [6.07, 6.45) is 0. The molecule has 2 rings (SSSR count). The van der Waals surface area contributed by atoms with Gasteiger partial charge in [-0.15, -0.1) is 0 Å². The van der Waals surface area contributed by atoms with Crippen LogP contribution in [0.2, 0.25) is 5.02 Å². The van der Waals surface area contributed by atoms with Crippen LogP contribution in [-0.4, -0.2) is 0 Å². The average Bonchev–Trinajstić information content (AvgIpc) is 2.35. The molecule has 94 valence electrons. The van der Waals surface area contributed by atoms with E-state index in [1.807, 2.05) is 12.1 Å². The molecule has 18 heavy (non-hydrogen) atoms. The summed E-state index contributed by atoms with van der Waals surface area (Å²) in [5, 5.41) is 0.604. The SMILES string of the molecule is Cc1cc(C(N)c2cc(Br)ccc2Cl)ccc1F. The van der Waals surface area contributed by atoms with Crippen LogP contribution in [-0.2, 0) is 0 Å². The molecule has 0 aliphatic rings. The van der Waals surface area contributed by atoms with E-state index in [2.05, 4.69) is 15.9 Å². The highest BCUT2D eigenvalue weighted by atomic mass is 79.9. The second-order valence-electron chi connectivity index (χ2n) is 4.15. The van der Waals surface area contributed by atoms with Crippen LogP contribution in [0.1, 0.15) is 22.7 Å². The van der Waals surface area contributed by atoms with Crippen molar-refractivity contribution in [3.8, 4) is 0 Å². The summed E-state index contributed by atoms with van der Waals surface area (Å²) >= 11 is 9.53. The standard InChI is InChI=1S/C14H12BrClFN/c1-8-6-9(2-5-13(8)17)14(18)11-7-10(15)3-4-12(11)16/h2-7,14H,18H2,1H3. The number of nitrogens with two attached hydrogens (primary N) is 1. The fourth-order valence-electron chi connectivity index (χ4n) is 1.79. The monoisotopic (exact) mass is 327 g/mol. The molecule has 0 saturated heterocycles. The highest BCUT2D eigenvalue weighted by Crippen LogP contribution is 2.29. The van der Waals surface area contributed by atoms with Gasteiger partial charge in [-0.3, -0.25) is 0 Å². The predicted octanol–water partition coefficient (Wildman–Crippen LogP) is 4.60. The van der Waals surface area contributed by atoms with Gasteiger partial charge in [0.15, 0.2) is 0 Å². The Hall–Kier alpha value is -0.900. The summed E-state index contributed by atoms with van der Waals surface area (Å²) in [6, 6.07) is 10.0. The van der Waals surface area contributed by atoms with Crippen molar-refractivity contribution in [2.75, 3.05) is 0 Å². The molecule has 0 bridgehead atoms. The number of rotatable bonds is 2. The summed E-state index contributed by atoms with van der Waals surface area (Å²) in [5.74, 6) is -0.230. The maximum Gasteiger partial charge on any atom is 0.126 e. The van der Waals surface area contributed by atoms with Crippen LogP contribution in [0, 0.1) is 12.7 Å². The third-order valence-electron chi connectivity index (χ3n) is 2.83. The molecule has 2 N–H and O–H groups in total. The van der Waals surface area contributed by atoms with Gasteiger partial charge in [-0.1, -0.05) is 39.7 Å². The zero-order chi connectivity index (χ0) is 13.3. The molecular formula is C14H12BrClFN. The highest BCUT2D eigenvalue weighted by Gasteiger charge is 2.14. The Kier molecular flexibility index (Phi) is 4.05. The smallest absolute Gasteiger partial charge is 0.126 e. The normalized spacial score (nSPS) is 12.5. The highest BCUT2D eigenvalue weighted by molar-refractivity contribution is 9.10. The van der Waals surface area contributed by atoms with Gasteiger partial charge < -0.3 is 5.73 Å². The fraction of sp³-hybridized carbons (Fsp3) is 0.143. The van der Waals surface area contributed by atoms with Crippen LogP contribution in [0.15, 0.2) is 40.9 Å². The minimum atomic E-state index is -0.366. The van der Waals surface area contributed by atoms with Gasteiger partial charge in [-0.2, -0.15) is 0 Å². The first-order chi connectivity index (χ1) is 8.49. The second kappa shape index (κ2) is 5.39. The van der Waals surface area contributed by atoms with Gasteiger partial charge in [0.2, 0.25) is 0 Å². The van der Waals surface area contributed by atoms with Crippen LogP contribution < -0.4 is 5.73 Å². The molecule has 0 aromatic heterocycles. The van der Waals surface area contributed by atoms with Crippen LogP contribution >= 0.6 is 27.5 Å². The Morgan fingerprint density at radius 3 is 2.61 bits per heavy atom. The van der Waals surface area contributed by atoms with Gasteiger partial charge >= 0.3 is 0 Å². The number of hydrogen-bond acceptors (Lipinski definition) is 1. The molecule has 0 saturated carbocycles. The minimum absolute atomic E-state index is 0.230. The lowest BCUT2D eigenvalue weighted by molar-refractivity contribution is 0.617. The first kappa shape index (κ1) is 13.5. The topological polar surface area (TPSA) is 26.0 Å². The third-order valence-corrected chi connectivity index (χ3v) is 3.67. The Labute approximate surface area is 119 Å². The predicted molar refractivity (Wildman–Crippen MR) is 76.3 cm³/mol. The van der Waals surface area contributed by atoms with Crippen LogP contribution in [0.3, 0.4) is 0 Å². The van der Waals surface area contributed by atoms with Gasteiger partial charge in [-0.05, 0) is 47.9 Å². The second-order valence-corrected chi connectivity index (χ2v) is 5.48. The van der Waals surface area contributed by atoms with E-state index < -0.39 is 0 Å². The first-order valence-electron chi connectivity index (χ1n) is 5.45. The van der Waals surface area contributed by atoms with Crippen LogP contribution in [0.25, 0.3) is 0 Å². The summed E-state index contributed by atoms with van der Waals surface area (Å²) in [5.41, 5.74) is 8.41. The lowest BCUT2D eigenvalue weighted by atomic mass is 9.98. The van der Waals surface area contributed by atoms with E-state index in [0.717, 1.165) is 15.6 Å². The third kappa shape index (κ3) is 2.74. The Balaban J connectivity index is 2.44. The lowest BCUT2D eigenvalue weighted by Crippen LogP contribution is -2.12. The summed E-state index contributed by atoms with van der Waals surface area (Å²) in [6.45, 7) is 1.72. The Morgan fingerprint density at radius 2 is 1.94 bits per heavy atom. The van der Waals surface area contributed by atoms with Crippen molar-refractivity contribution < 1.29 is 4.39 Å². The Bertz CT molecular complexity index is 586. The molecule has 0 radical (unpaired) electrons. The van der Waals surface area contributed by atoms with Crippen LogP contribution in [0.4, 0.5) is 4.39 Å². The van der Waals surface area contributed by atoms with Crippen molar-refractivity contribution in [2.45, 2.75) is 13.0 Å². The molecule has 0 amide bonds. The quantitative estimate of drug-likeness (QED) is 0.856. The van der Waals surface area contributed by atoms with Crippen molar-refractivity contribution in [1.82, 2.24) is 0 Å². The van der Waals surface area contributed by atoms with E-state index in [4.69, 9.17) is 17.3 Å². The van der Waals surface area contributed by atoms with Crippen LogP contribution in [0.5, 0.6) is 0 Å². The van der Waals surface area contributed by atoms with E-state index in [9.17, 15) is 4.39 Å². The molecular weight excluding hydrogens is 317 g/mol. The van der Waals surface area contributed by atoms with E-state index >= 15 is 0 Å². The first-order valence-corrected chi connectivity index (χ1v) is 6.62. The fourth-order valence-corrected chi connectivity index (χ4v) is 2.41. The van der Waals surface area contributed by atoms with E-state index in [0.29, 0.717) is 10.6 Å². The molecule has 0 heterocycles. The number of benzene rings is 2. The Morgan fingerprint density at radius 1 is 1.22 bits per heavy atom. The van der Waals surface area contributed by atoms with Gasteiger partial charge in [-0.25, -0.2) is 4.39 Å². The summed E-state index contributed by atoms with van der Waals surface area (Å²) in [4.78, 5) is 0. The zero-order valence-corrected chi connectivity index (χ0v) is 12.1. The number of halogens is 3. The molecule has 0 fully saturated rings. The molecule has 1 nitrogen and oxygen atoms in total. The molecule has 2 aromatic carbocycles. The molecule has 0 spiro atoms. The molecule has 0 aliphatic carbocycles. The molecule has 4 heteroatoms. The van der Waals surface area contributed by atoms with Crippen molar-refractivity contribution in [3.63, 3.8) is 0 Å². The van der Waals surface area contributed by atoms with Crippen molar-refractivity contribution in [1.29, 1.82) is 0 Å². The average molecular weight is 329 g/mol. The minimum Gasteiger partial charge on any atom is -0.320 e. The van der Waals surface area contributed by atoms with E-state index in [1.54, 1.807) is 25.1 Å². The largest absolute Gasteiger partial charge is 0.320 e. The van der Waals surface area contributed by atoms with Crippen molar-refractivity contribution in [3.05, 3.63) is 68.4 Å². The maximum absolute atomic E-state index is 13.2. The van der Waals surface area contributed by atoms with E-state index in [-0.39, 0.29) is 11.9 Å². The van der Waals surface area contributed by atoms with Gasteiger partial charge in [0, 0.05) is 9.50 Å². The van der Waals surface area contributed by atoms with Gasteiger partial charge in [0.05, 0.1) is 6.04 Å². The van der Waals surface area contributed by atoms with Gasteiger partial charge in [0.1, 0.15) is 5.82 Å². The number of aryl methyl sites for hydroxylation is 1. The molecule has 1 atom stereocenters. The molecule has 2 aromatic rings. The summed E-state index contributed by atoms with van der Waals surface area (Å²) in [7, 11) is 0.